The molecule has 2 aliphatic rings. The molecule has 3 nitrogen and oxygen atoms in total. The van der Waals surface area contributed by atoms with E-state index in [0.717, 1.165) is 50.5 Å². The van der Waals surface area contributed by atoms with Crippen molar-refractivity contribution in [1.29, 1.82) is 0 Å². The molecule has 0 radical (unpaired) electrons. The van der Waals surface area contributed by atoms with Gasteiger partial charge in [-0.05, 0) is 43.4 Å². The molecule has 1 aromatic rings. The number of halogens is 1. The Labute approximate surface area is 129 Å². The van der Waals surface area contributed by atoms with E-state index in [-0.39, 0.29) is 6.04 Å². The van der Waals surface area contributed by atoms with Crippen LogP contribution in [-0.4, -0.2) is 16.8 Å². The zero-order valence-corrected chi connectivity index (χ0v) is 13.5. The number of hydrogen-bond acceptors (Lipinski definition) is 2. The van der Waals surface area contributed by atoms with Crippen molar-refractivity contribution in [2.45, 2.75) is 44.2 Å². The Hall–Kier alpha value is -0.532. The molecule has 2 heterocycles. The van der Waals surface area contributed by atoms with E-state index in [2.05, 4.69) is 17.0 Å². The Bertz CT molecular complexity index is 451. The van der Waals surface area contributed by atoms with Gasteiger partial charge in [-0.15, -0.1) is 0 Å². The Balaban J connectivity index is 0.000000637. The van der Waals surface area contributed by atoms with Gasteiger partial charge in [-0.1, -0.05) is 23.7 Å². The van der Waals surface area contributed by atoms with Gasteiger partial charge in [-0.2, -0.15) is 0 Å². The second-order valence-electron chi connectivity index (χ2n) is 4.99. The number of fused-ring (bicyclic) bond motifs is 1. The molecular weight excluding hydrogens is 445 g/mol. The molecule has 0 unspecified atom stereocenters. The molecule has 0 N–H and O–H groups in total. The minimum atomic E-state index is 0.282. The Morgan fingerprint density at radius 2 is 1.79 bits per heavy atom. The van der Waals surface area contributed by atoms with Crippen LogP contribution in [0.15, 0.2) is 24.3 Å². The van der Waals surface area contributed by atoms with E-state index < -0.39 is 0 Å². The van der Waals surface area contributed by atoms with Gasteiger partial charge in [-0.25, -0.2) is 0 Å². The summed E-state index contributed by atoms with van der Waals surface area (Å²) >= 11 is 6.79. The Kier molecular flexibility index (Phi) is 5.29. The first-order chi connectivity index (χ1) is 9.25. The molecule has 0 aromatic heterocycles. The first-order valence-electron chi connectivity index (χ1n) is 6.45. The summed E-state index contributed by atoms with van der Waals surface area (Å²) in [5, 5.41) is 0.758. The number of rotatable bonds is 1. The molecule has 1 amide bonds. The van der Waals surface area contributed by atoms with Gasteiger partial charge in [-0.3, -0.25) is 4.79 Å². The van der Waals surface area contributed by atoms with Gasteiger partial charge >= 0.3 is 23.2 Å². The first-order valence-corrected chi connectivity index (χ1v) is 7.76. The van der Waals surface area contributed by atoms with Crippen LogP contribution in [0.25, 0.3) is 0 Å². The first kappa shape index (κ1) is 14.9. The van der Waals surface area contributed by atoms with Crippen LogP contribution in [0.4, 0.5) is 0 Å². The summed E-state index contributed by atoms with van der Waals surface area (Å²) in [4.78, 5) is 14.1. The third-order valence-corrected chi connectivity index (χ3v) is 4.23. The second-order valence-corrected chi connectivity index (χ2v) is 5.43. The van der Waals surface area contributed by atoms with Crippen LogP contribution >= 0.6 is 11.6 Å². The third-order valence-electron chi connectivity index (χ3n) is 3.97. The molecular formula is C14H16ClNO2Pt. The SMILES string of the molecule is O=C1CCC[C@H]2CC[C@@H](c3ccc(Cl)cc3)N12.[O]=[Pt]. The number of carbonyl (C=O) groups is 1. The third kappa shape index (κ3) is 3.14. The van der Waals surface area contributed by atoms with Crippen molar-refractivity contribution < 1.29 is 28.0 Å². The maximum absolute atomic E-state index is 12.0. The van der Waals surface area contributed by atoms with E-state index in [1.807, 2.05) is 12.1 Å². The van der Waals surface area contributed by atoms with Crippen molar-refractivity contribution >= 4 is 17.5 Å². The molecule has 0 saturated carbocycles. The second kappa shape index (κ2) is 6.76. The molecule has 2 aliphatic heterocycles. The maximum atomic E-state index is 12.0. The molecule has 0 bridgehead atoms. The summed E-state index contributed by atoms with van der Waals surface area (Å²) in [6.07, 6.45) is 5.21. The van der Waals surface area contributed by atoms with Gasteiger partial charge in [0.25, 0.3) is 0 Å². The predicted octanol–water partition coefficient (Wildman–Crippen LogP) is 3.43. The van der Waals surface area contributed by atoms with E-state index >= 15 is 0 Å². The molecule has 19 heavy (non-hydrogen) atoms. The van der Waals surface area contributed by atoms with Crippen molar-refractivity contribution in [2.75, 3.05) is 0 Å². The number of nitrogens with zero attached hydrogens (tertiary/aromatic N) is 1. The summed E-state index contributed by atoms with van der Waals surface area (Å²) < 4.78 is 8.22. The van der Waals surface area contributed by atoms with Crippen molar-refractivity contribution in [2.24, 2.45) is 0 Å². The molecule has 106 valence electrons. The van der Waals surface area contributed by atoms with Crippen LogP contribution in [0.3, 0.4) is 0 Å². The Morgan fingerprint density at radius 3 is 2.47 bits per heavy atom. The normalized spacial score (nSPS) is 25.6. The number of benzene rings is 1. The van der Waals surface area contributed by atoms with Crippen LogP contribution in [0.5, 0.6) is 0 Å². The number of amides is 1. The van der Waals surface area contributed by atoms with E-state index in [4.69, 9.17) is 15.0 Å². The summed E-state index contributed by atoms with van der Waals surface area (Å²) in [6.45, 7) is 0. The topological polar surface area (TPSA) is 37.4 Å². The summed E-state index contributed by atoms with van der Waals surface area (Å²) in [7, 11) is 0. The minimum absolute atomic E-state index is 0.282. The van der Waals surface area contributed by atoms with Crippen LogP contribution in [-0.2, 0) is 28.0 Å². The van der Waals surface area contributed by atoms with E-state index in [1.165, 1.54) is 12.0 Å². The van der Waals surface area contributed by atoms with Gasteiger partial charge in [0, 0.05) is 17.5 Å². The molecule has 2 fully saturated rings. The zero-order valence-electron chi connectivity index (χ0n) is 10.5. The summed E-state index contributed by atoms with van der Waals surface area (Å²) in [5.41, 5.74) is 1.23. The van der Waals surface area contributed by atoms with Crippen molar-refractivity contribution in [1.82, 2.24) is 4.90 Å². The average molecular weight is 461 g/mol. The van der Waals surface area contributed by atoms with Crippen LogP contribution in [0.1, 0.15) is 43.7 Å². The number of piperidine rings is 1. The van der Waals surface area contributed by atoms with Crippen molar-refractivity contribution in [3.05, 3.63) is 34.9 Å². The van der Waals surface area contributed by atoms with E-state index in [9.17, 15) is 4.79 Å². The zero-order chi connectivity index (χ0) is 13.8. The Morgan fingerprint density at radius 1 is 1.11 bits per heavy atom. The molecule has 2 atom stereocenters. The van der Waals surface area contributed by atoms with E-state index in [0.29, 0.717) is 11.9 Å². The fourth-order valence-electron chi connectivity index (χ4n) is 3.17. The molecule has 5 heteroatoms. The number of carbonyl (C=O) groups excluding carboxylic acids is 1. The van der Waals surface area contributed by atoms with Gasteiger partial charge in [0.15, 0.2) is 0 Å². The van der Waals surface area contributed by atoms with Gasteiger partial charge < -0.3 is 4.90 Å². The molecule has 3 rings (SSSR count). The van der Waals surface area contributed by atoms with Gasteiger partial charge in [0.05, 0.1) is 6.04 Å². The fourth-order valence-corrected chi connectivity index (χ4v) is 3.30. The van der Waals surface area contributed by atoms with Gasteiger partial charge in [0.2, 0.25) is 5.91 Å². The summed E-state index contributed by atoms with van der Waals surface area (Å²) in [6, 6.07) is 8.70. The standard InChI is InChI=1S/C14H16ClNO.O.Pt/c15-11-6-4-10(5-7-11)13-9-8-12-2-1-3-14(17)16(12)13;;/h4-7,12-13H,1-3,8-9H2;;/t12-,13-;;/m0../s1. The molecule has 2 saturated heterocycles. The quantitative estimate of drug-likeness (QED) is 0.644. The predicted molar refractivity (Wildman–Crippen MR) is 68.6 cm³/mol. The van der Waals surface area contributed by atoms with Crippen molar-refractivity contribution in [3.8, 4) is 0 Å². The van der Waals surface area contributed by atoms with Crippen LogP contribution in [0.2, 0.25) is 5.02 Å². The fraction of sp³-hybridized carbons (Fsp3) is 0.500. The molecule has 0 aliphatic carbocycles. The van der Waals surface area contributed by atoms with Crippen LogP contribution in [0, 0.1) is 0 Å². The summed E-state index contributed by atoms with van der Waals surface area (Å²) in [5.74, 6) is 0.332. The monoisotopic (exact) mass is 460 g/mol. The number of hydrogen-bond donors (Lipinski definition) is 0. The van der Waals surface area contributed by atoms with Crippen LogP contribution < -0.4 is 0 Å². The van der Waals surface area contributed by atoms with Gasteiger partial charge in [0.1, 0.15) is 0 Å². The van der Waals surface area contributed by atoms with E-state index in [1.54, 1.807) is 0 Å². The average Bonchev–Trinajstić information content (AvgIpc) is 2.87. The van der Waals surface area contributed by atoms with Crippen molar-refractivity contribution in [3.63, 3.8) is 0 Å². The molecule has 0 spiro atoms. The molecule has 1 aromatic carbocycles.